The summed E-state index contributed by atoms with van der Waals surface area (Å²) >= 11 is 0. The van der Waals surface area contributed by atoms with Crippen molar-refractivity contribution in [2.45, 2.75) is 0 Å². The molecule has 15 nitrogen and oxygen atoms in total. The average molecular weight is 786 g/mol. The zero-order valence-corrected chi connectivity index (χ0v) is 15.7. The molecule has 0 rings (SSSR count). The minimum Gasteiger partial charge on any atom is -0.652 e. The Morgan fingerprint density at radius 3 is 0.318 bits per heavy atom. The van der Waals surface area contributed by atoms with Crippen molar-refractivity contribution < 1.29 is 104 Å². The van der Waals surface area contributed by atoms with Crippen molar-refractivity contribution in [2.75, 3.05) is 0 Å². The Balaban J connectivity index is -0.0000000250. The molecule has 0 saturated carbocycles. The largest absolute Gasteiger partial charge is 0.652 e. The maximum absolute atomic E-state index is 8.33. The second-order valence-corrected chi connectivity index (χ2v) is 1.25. The van der Waals surface area contributed by atoms with Crippen LogP contribution in [-0.4, -0.2) is 30.8 Å². The molecule has 2 radical (unpaired) electrons. The molecule has 0 fully saturated rings. The summed E-state index contributed by atoms with van der Waals surface area (Å²) in [5.74, 6) is 0. The molecule has 0 N–H and O–H groups in total. The molecule has 0 bridgehead atoms. The summed E-state index contributed by atoms with van der Waals surface area (Å²) in [7, 11) is 0. The van der Waals surface area contributed by atoms with Gasteiger partial charge in [-0.2, -0.15) is 0 Å². The first-order chi connectivity index (χ1) is 8.66. The number of hydrogen-bond donors (Lipinski definition) is 0. The van der Waals surface area contributed by atoms with E-state index in [2.05, 4.69) is 0 Å². The van der Waals surface area contributed by atoms with Crippen LogP contribution in [0.25, 0.3) is 0 Å². The van der Waals surface area contributed by atoms with Gasteiger partial charge in [0.1, 0.15) is 0 Å². The van der Waals surface area contributed by atoms with E-state index in [-0.39, 0.29) is 28.6 Å². The Hall–Kier alpha value is -2.87. The zero-order chi connectivity index (χ0) is 17.9. The molecule has 0 aliphatic rings. The summed E-state index contributed by atoms with van der Waals surface area (Å²) in [6, 6.07) is 0. The van der Waals surface area contributed by atoms with Gasteiger partial charge in [-0.3, -0.25) is 0 Å². The Kier molecular flexibility index (Phi) is 70.2. The van der Waals surface area contributed by atoms with Gasteiger partial charge in [0.2, 0.25) is 0 Å². The smallest absolute Gasteiger partial charge is 0 e. The van der Waals surface area contributed by atoms with Crippen LogP contribution >= 0.6 is 0 Å². The quantitative estimate of drug-likeness (QED) is 0.220. The number of rotatable bonds is 0. The van der Waals surface area contributed by atoms with Crippen molar-refractivity contribution in [3.05, 3.63) is 0 Å². The summed E-state index contributed by atoms with van der Waals surface area (Å²) in [5, 5.41) is 83.3. The third-order valence-electron chi connectivity index (χ3n) is 0. The number of carbonyl (C=O) groups is 5. The maximum Gasteiger partial charge on any atom is 0 e. The van der Waals surface area contributed by atoms with Gasteiger partial charge in [-0.05, 0) is 30.8 Å². The van der Waals surface area contributed by atoms with Crippen LogP contribution in [0.15, 0.2) is 0 Å². The molecule has 22 heavy (non-hydrogen) atoms. The van der Waals surface area contributed by atoms with Gasteiger partial charge in [0.15, 0.2) is 0 Å². The van der Waals surface area contributed by atoms with Crippen molar-refractivity contribution in [2.24, 2.45) is 0 Å². The fourth-order valence-corrected chi connectivity index (χ4v) is 0. The van der Waals surface area contributed by atoms with E-state index < -0.39 is 30.8 Å². The minimum atomic E-state index is -2.33. The molecule has 0 aromatic heterocycles. The Bertz CT molecular complexity index is 211. The third kappa shape index (κ3) is 541. The summed E-state index contributed by atoms with van der Waals surface area (Å²) in [6.07, 6.45) is -11.7. The molecule has 0 amide bonds. The van der Waals surface area contributed by atoms with Crippen molar-refractivity contribution in [3.63, 3.8) is 0 Å². The summed E-state index contributed by atoms with van der Waals surface area (Å²) in [6.45, 7) is 0. The van der Waals surface area contributed by atoms with Crippen molar-refractivity contribution >= 4 is 30.8 Å². The molecule has 0 aliphatic heterocycles. The van der Waals surface area contributed by atoms with E-state index in [1.54, 1.807) is 0 Å². The van der Waals surface area contributed by atoms with Crippen LogP contribution in [0.2, 0.25) is 0 Å². The monoisotopic (exact) mass is 782 g/mol. The predicted octanol–water partition coefficient (Wildman–Crippen LogP) is -12.2. The molecule has 134 valence electrons. The molecule has 17 heteroatoms. The molecule has 0 heterocycles. The Morgan fingerprint density at radius 1 is 0.318 bits per heavy atom. The number of hydrogen-bond acceptors (Lipinski definition) is 15. The molecule has 0 saturated heterocycles. The molecule has 0 atom stereocenters. The summed E-state index contributed by atoms with van der Waals surface area (Å²) < 4.78 is 0. The summed E-state index contributed by atoms with van der Waals surface area (Å²) in [4.78, 5) is 41.7. The van der Waals surface area contributed by atoms with Gasteiger partial charge in [-0.25, -0.2) is 0 Å². The predicted molar refractivity (Wildman–Crippen MR) is 27.0 cm³/mol. The van der Waals surface area contributed by atoms with Crippen molar-refractivity contribution in [1.29, 1.82) is 0 Å². The molecule has 0 spiro atoms. The molecule has 0 aromatic rings. The average Bonchev–Trinajstić information content (AvgIpc) is 1.94. The molecule has 0 unspecified atom stereocenters. The zero-order valence-electron chi connectivity index (χ0n) is 9.38. The van der Waals surface area contributed by atoms with E-state index in [0.717, 1.165) is 0 Å². The standard InChI is InChI=1S/5CH2O3.2Am/c5*2-1(3)4;;/h5*(H2,2,3,4);;/p-10. The van der Waals surface area contributed by atoms with Gasteiger partial charge in [0, 0.05) is 28.6 Å². The van der Waals surface area contributed by atoms with E-state index in [1.807, 2.05) is 0 Å². The fraction of sp³-hybridized carbons (Fsp3) is 0. The normalized spacial score (nSPS) is 5.45. The third-order valence-corrected chi connectivity index (χ3v) is 0. The number of carboxylic acid groups (broad SMARTS) is 10. The molecular weight excluding hydrogens is 786 g/mol. The van der Waals surface area contributed by atoms with Crippen LogP contribution in [0, 0.1) is 28.6 Å². The molecule has 0 aliphatic carbocycles. The second-order valence-electron chi connectivity index (χ2n) is 1.25. The fourth-order valence-electron chi connectivity index (χ4n) is 0. The van der Waals surface area contributed by atoms with E-state index >= 15 is 0 Å². The molecule has 0 aromatic carbocycles. The van der Waals surface area contributed by atoms with Crippen molar-refractivity contribution in [3.8, 4) is 0 Å². The maximum atomic E-state index is 8.33. The number of carbonyl (C=O) groups excluding carboxylic acids is 5. The summed E-state index contributed by atoms with van der Waals surface area (Å²) in [5.41, 5.74) is 0. The topological polar surface area (TPSA) is 316 Å². The minimum absolute atomic E-state index is 0. The van der Waals surface area contributed by atoms with Gasteiger partial charge >= 0.3 is 0 Å². The van der Waals surface area contributed by atoms with Crippen molar-refractivity contribution in [1.82, 2.24) is 0 Å². The van der Waals surface area contributed by atoms with E-state index in [0.29, 0.717) is 0 Å². The van der Waals surface area contributed by atoms with Crippen LogP contribution in [0.4, 0.5) is 24.0 Å². The van der Waals surface area contributed by atoms with Gasteiger partial charge in [-0.1, -0.05) is 0 Å². The van der Waals surface area contributed by atoms with Gasteiger partial charge in [0.25, 0.3) is 0 Å². The van der Waals surface area contributed by atoms with Crippen LogP contribution in [0.5, 0.6) is 0 Å². The van der Waals surface area contributed by atoms with E-state index in [1.165, 1.54) is 0 Å². The van der Waals surface area contributed by atoms with Gasteiger partial charge < -0.3 is 75.0 Å². The van der Waals surface area contributed by atoms with E-state index in [4.69, 9.17) is 75.0 Å². The first-order valence-corrected chi connectivity index (χ1v) is 3.06. The van der Waals surface area contributed by atoms with Crippen LogP contribution in [0.1, 0.15) is 0 Å². The van der Waals surface area contributed by atoms with Gasteiger partial charge in [0.05, 0.1) is 0 Å². The first kappa shape index (κ1) is 42.7. The molecular formula is C5Am2O15-10. The van der Waals surface area contributed by atoms with Gasteiger partial charge in [-0.15, -0.1) is 0 Å². The Morgan fingerprint density at radius 2 is 0.318 bits per heavy atom. The van der Waals surface area contributed by atoms with Crippen LogP contribution in [0.3, 0.4) is 0 Å². The SMILES string of the molecule is O=C([O-])[O-].O=C([O-])[O-].O=C([O-])[O-].O=C([O-])[O-].O=C([O-])[O-].[Am].[Am]. The second kappa shape index (κ2) is 36.2. The van der Waals surface area contributed by atoms with Crippen LogP contribution in [-0.2, 0) is 0 Å². The van der Waals surface area contributed by atoms with E-state index in [9.17, 15) is 0 Å². The Labute approximate surface area is 135 Å². The van der Waals surface area contributed by atoms with Crippen LogP contribution < -0.4 is 51.1 Å². The first-order valence-electron chi connectivity index (χ1n) is 3.06.